The molecule has 2 aliphatic heterocycles. The molecule has 0 saturated carbocycles. The maximum Gasteiger partial charge on any atom is 0.325 e. The molecule has 11 N–H and O–H groups in total. The van der Waals surface area contributed by atoms with Gasteiger partial charge in [-0.05, 0) is 56.6 Å². The Morgan fingerprint density at radius 2 is 1.48 bits per heavy atom. The first-order valence-electron chi connectivity index (χ1n) is 18.8. The second-order valence-electron chi connectivity index (χ2n) is 15.1. The van der Waals surface area contributed by atoms with Crippen LogP contribution >= 0.6 is 0 Å². The van der Waals surface area contributed by atoms with Crippen LogP contribution in [0.3, 0.4) is 0 Å². The zero-order chi connectivity index (χ0) is 43.8. The fraction of sp³-hybridized carbons (Fsp3) is 0.450. The van der Waals surface area contributed by atoms with Gasteiger partial charge in [0.15, 0.2) is 24.1 Å². The number of ketones is 2. The van der Waals surface area contributed by atoms with Gasteiger partial charge in [0.1, 0.15) is 71.8 Å². The number of aliphatic hydroxyl groups excluding tert-OH is 5. The van der Waals surface area contributed by atoms with E-state index < -0.39 is 149 Å². The van der Waals surface area contributed by atoms with E-state index in [0.29, 0.717) is 0 Å². The monoisotopic (exact) mass is 840 g/mol. The smallest absolute Gasteiger partial charge is 0.325 e. The number of rotatable bonds is 9. The summed E-state index contributed by atoms with van der Waals surface area (Å²) in [5.74, 6) is -6.63. The molecule has 0 aromatic heterocycles. The Balaban J connectivity index is 1.37. The fourth-order valence-corrected chi connectivity index (χ4v) is 8.30. The van der Waals surface area contributed by atoms with Gasteiger partial charge in [-0.2, -0.15) is 0 Å². The Morgan fingerprint density at radius 3 is 2.13 bits per heavy atom. The number of carbonyl (C=O) groups is 4. The summed E-state index contributed by atoms with van der Waals surface area (Å²) in [7, 11) is 2.80. The number of likely N-dealkylation sites (N-methyl/N-ethyl adjacent to an activating group) is 1. The lowest BCUT2D eigenvalue weighted by atomic mass is 9.74. The van der Waals surface area contributed by atoms with Crippen LogP contribution < -0.4 is 15.4 Å². The van der Waals surface area contributed by atoms with E-state index >= 15 is 0 Å². The lowest BCUT2D eigenvalue weighted by Gasteiger charge is -2.47. The van der Waals surface area contributed by atoms with E-state index in [0.717, 1.165) is 12.1 Å². The highest BCUT2D eigenvalue weighted by atomic mass is 16.7. The molecule has 3 aromatic carbocycles. The molecule has 3 unspecified atom stereocenters. The number of carboxylic acids is 1. The maximum absolute atomic E-state index is 14.1. The molecular weight excluding hydrogens is 796 g/mol. The van der Waals surface area contributed by atoms with Crippen molar-refractivity contribution in [2.45, 2.75) is 94.3 Å². The number of hydrogen-bond acceptors (Lipinski definition) is 18. The van der Waals surface area contributed by atoms with E-state index in [1.807, 2.05) is 0 Å². The number of aliphatic hydroxyl groups is 5. The highest BCUT2D eigenvalue weighted by Gasteiger charge is 2.51. The van der Waals surface area contributed by atoms with E-state index in [2.05, 4.69) is 10.6 Å². The van der Waals surface area contributed by atoms with Crippen LogP contribution in [0.2, 0.25) is 0 Å². The summed E-state index contributed by atoms with van der Waals surface area (Å²) in [6, 6.07) is 2.44. The second-order valence-corrected chi connectivity index (χ2v) is 15.1. The molecule has 2 saturated heterocycles. The van der Waals surface area contributed by atoms with Crippen LogP contribution in [0.5, 0.6) is 23.0 Å². The average molecular weight is 841 g/mol. The minimum atomic E-state index is -1.89. The van der Waals surface area contributed by atoms with Gasteiger partial charge in [-0.15, -0.1) is 0 Å². The van der Waals surface area contributed by atoms with Crippen molar-refractivity contribution in [3.63, 3.8) is 0 Å². The summed E-state index contributed by atoms with van der Waals surface area (Å²) < 4.78 is 28.9. The standard InChI is InChI=1S/C40H44N2O18/c1-11-6-18-24(31(49)21(11)37(53)42-12(2)38(54)55)23-16(9-17-25(32(23)50)28(46)15-7-14(56-5)8-19(43)22(15)27(17)45)29(47)35(18)59-40-34(52)36(26(41-4)13(3)58-40)60-39-33(51)30(48)20(44)10-57-39/h6-9,12-13,20,26,29-30,33-36,39-41,43-44,47-52H,10H2,1-5H3,(H,42,53)(H,54,55)/t12?,13-,20-,26+,29?,30+,33-,34-,35?,36+,39+,40+/m1/s1. The number of carboxylic acid groups (broad SMARTS) is 1. The first-order chi connectivity index (χ1) is 28.3. The Kier molecular flexibility index (Phi) is 11.4. The molecule has 3 aromatic rings. The number of nitrogens with one attached hydrogen (secondary N) is 2. The number of fused-ring (bicyclic) bond motifs is 5. The van der Waals surface area contributed by atoms with Gasteiger partial charge in [0.2, 0.25) is 0 Å². The highest BCUT2D eigenvalue weighted by molar-refractivity contribution is 6.31. The molecule has 2 aliphatic carbocycles. The molecule has 322 valence electrons. The van der Waals surface area contributed by atoms with Gasteiger partial charge in [0, 0.05) is 28.3 Å². The number of amides is 1. The summed E-state index contributed by atoms with van der Waals surface area (Å²) in [6.07, 6.45) is -15.5. The minimum absolute atomic E-state index is 0.0161. The van der Waals surface area contributed by atoms with E-state index in [9.17, 15) is 65.1 Å². The molecule has 12 atom stereocenters. The number of carbonyl (C=O) groups excluding carboxylic acids is 3. The topological polar surface area (TPSA) is 321 Å². The first-order valence-corrected chi connectivity index (χ1v) is 18.8. The third-order valence-corrected chi connectivity index (χ3v) is 11.4. The number of benzene rings is 3. The quantitative estimate of drug-likeness (QED) is 0.100. The fourth-order valence-electron chi connectivity index (χ4n) is 8.30. The van der Waals surface area contributed by atoms with E-state index in [-0.39, 0.29) is 33.6 Å². The van der Waals surface area contributed by atoms with Gasteiger partial charge in [-0.1, -0.05) is 6.07 Å². The van der Waals surface area contributed by atoms with Crippen LogP contribution in [-0.2, 0) is 23.7 Å². The Hall–Kier alpha value is -5.26. The molecule has 1 amide bonds. The molecule has 0 radical (unpaired) electrons. The molecule has 2 fully saturated rings. The van der Waals surface area contributed by atoms with Crippen molar-refractivity contribution < 1.29 is 88.8 Å². The molecule has 20 heteroatoms. The molecule has 4 aliphatic rings. The van der Waals surface area contributed by atoms with Gasteiger partial charge in [-0.25, -0.2) is 0 Å². The second kappa shape index (κ2) is 16.0. The number of ether oxygens (including phenoxy) is 5. The van der Waals surface area contributed by atoms with Crippen molar-refractivity contribution in [1.29, 1.82) is 0 Å². The number of aryl methyl sites for hydroxylation is 1. The van der Waals surface area contributed by atoms with Crippen molar-refractivity contribution in [3.05, 3.63) is 68.8 Å². The summed E-state index contributed by atoms with van der Waals surface area (Å²) in [6.45, 7) is 3.76. The predicted octanol–water partition coefficient (Wildman–Crippen LogP) is -0.612. The minimum Gasteiger partial charge on any atom is -0.507 e. The third kappa shape index (κ3) is 6.83. The largest absolute Gasteiger partial charge is 0.507 e. The van der Waals surface area contributed by atoms with Crippen LogP contribution in [0.1, 0.15) is 84.9 Å². The lowest BCUT2D eigenvalue weighted by molar-refractivity contribution is -0.339. The van der Waals surface area contributed by atoms with Gasteiger partial charge < -0.3 is 80.3 Å². The normalized spacial score (nSPS) is 30.1. The van der Waals surface area contributed by atoms with Gasteiger partial charge in [0.05, 0.1) is 42.6 Å². The first kappa shape index (κ1) is 42.8. The summed E-state index contributed by atoms with van der Waals surface area (Å²) in [4.78, 5) is 53.3. The number of hydrogen-bond donors (Lipinski definition) is 11. The van der Waals surface area contributed by atoms with Crippen LogP contribution in [0.25, 0.3) is 11.1 Å². The Labute approximate surface area is 340 Å². The van der Waals surface area contributed by atoms with Crippen LogP contribution in [0, 0.1) is 6.92 Å². The zero-order valence-electron chi connectivity index (χ0n) is 32.6. The molecular formula is C40H44N2O18. The van der Waals surface area contributed by atoms with Crippen LogP contribution in [-0.4, -0.2) is 151 Å². The summed E-state index contributed by atoms with van der Waals surface area (Å²) in [5, 5.41) is 104. The van der Waals surface area contributed by atoms with Crippen molar-refractivity contribution in [2.75, 3.05) is 20.8 Å². The van der Waals surface area contributed by atoms with Crippen LogP contribution in [0.15, 0.2) is 24.3 Å². The van der Waals surface area contributed by atoms with Gasteiger partial charge >= 0.3 is 5.97 Å². The highest BCUT2D eigenvalue weighted by Crippen LogP contribution is 2.57. The summed E-state index contributed by atoms with van der Waals surface area (Å²) in [5.41, 5.74) is -3.36. The number of methoxy groups -OCH3 is 1. The molecule has 7 rings (SSSR count). The van der Waals surface area contributed by atoms with Crippen molar-refractivity contribution in [3.8, 4) is 34.1 Å². The number of aromatic hydroxyl groups is 3. The SMILES string of the molecule is CN[C@@H]1[C@H](O[C@@H]2OC[C@@H](O)[C@H](O)[C@H]2O)[C@@H](O)[C@H](OC2c3cc(C)c(C(=O)NC(C)C(=O)O)c(O)c3-c3c(cc4c(c3O)C(=O)c3cc(OC)cc(O)c3C4=O)C2O)O[C@@H]1C. The van der Waals surface area contributed by atoms with Crippen molar-refractivity contribution in [1.82, 2.24) is 10.6 Å². The van der Waals surface area contributed by atoms with Crippen LogP contribution in [0.4, 0.5) is 0 Å². The molecule has 0 bridgehead atoms. The third-order valence-electron chi connectivity index (χ3n) is 11.4. The number of phenols is 3. The Bertz CT molecular complexity index is 2280. The number of aliphatic carboxylic acids is 1. The molecule has 20 nitrogen and oxygen atoms in total. The van der Waals surface area contributed by atoms with Crippen molar-refractivity contribution in [2.24, 2.45) is 0 Å². The van der Waals surface area contributed by atoms with E-state index in [1.54, 1.807) is 6.92 Å². The zero-order valence-corrected chi connectivity index (χ0v) is 32.6. The molecule has 0 spiro atoms. The van der Waals surface area contributed by atoms with Gasteiger partial charge in [-0.3, -0.25) is 19.2 Å². The average Bonchev–Trinajstić information content (AvgIpc) is 3.19. The molecule has 60 heavy (non-hydrogen) atoms. The lowest BCUT2D eigenvalue weighted by Crippen LogP contribution is -2.65. The summed E-state index contributed by atoms with van der Waals surface area (Å²) >= 11 is 0. The Morgan fingerprint density at radius 1 is 0.833 bits per heavy atom. The maximum atomic E-state index is 14.1. The number of phenolic OH excluding ortho intramolecular Hbond substituents is 3. The predicted molar refractivity (Wildman–Crippen MR) is 201 cm³/mol. The van der Waals surface area contributed by atoms with Gasteiger partial charge in [0.25, 0.3) is 5.91 Å². The van der Waals surface area contributed by atoms with E-state index in [4.69, 9.17) is 23.7 Å². The molecule has 2 heterocycles. The van der Waals surface area contributed by atoms with E-state index in [1.165, 1.54) is 40.1 Å². The van der Waals surface area contributed by atoms with Crippen molar-refractivity contribution >= 4 is 23.4 Å².